The third kappa shape index (κ3) is 5.96. The van der Waals surface area contributed by atoms with E-state index >= 15 is 0 Å². The highest BCUT2D eigenvalue weighted by Crippen LogP contribution is 2.25. The third-order valence-electron chi connectivity index (χ3n) is 3.35. The molecule has 2 rings (SSSR count). The molecule has 1 aromatic carbocycles. The fourth-order valence-electron chi connectivity index (χ4n) is 2.02. The van der Waals surface area contributed by atoms with Gasteiger partial charge in [-0.2, -0.15) is 0 Å². The van der Waals surface area contributed by atoms with E-state index in [2.05, 4.69) is 21.2 Å². The fourth-order valence-corrected chi connectivity index (χ4v) is 3.57. The number of ether oxygens (including phenoxy) is 1. The van der Waals surface area contributed by atoms with Gasteiger partial charge in [0.15, 0.2) is 9.84 Å². The maximum absolute atomic E-state index is 11.6. The zero-order valence-electron chi connectivity index (χ0n) is 12.3. The van der Waals surface area contributed by atoms with Gasteiger partial charge in [-0.05, 0) is 43.0 Å². The number of nitrogens with one attached hydrogen (secondary N) is 1. The smallest absolute Gasteiger partial charge is 0.153 e. The summed E-state index contributed by atoms with van der Waals surface area (Å²) in [4.78, 5) is 0. The van der Waals surface area contributed by atoms with Gasteiger partial charge < -0.3 is 10.1 Å². The molecule has 0 radical (unpaired) electrons. The van der Waals surface area contributed by atoms with Gasteiger partial charge >= 0.3 is 0 Å². The Kier molecular flexibility index (Phi) is 6.08. The van der Waals surface area contributed by atoms with Crippen LogP contribution < -0.4 is 10.1 Å². The van der Waals surface area contributed by atoms with Crippen molar-refractivity contribution in [3.05, 3.63) is 28.2 Å². The molecule has 1 fully saturated rings. The normalized spacial score (nSPS) is 15.1. The maximum atomic E-state index is 11.6. The zero-order valence-corrected chi connectivity index (χ0v) is 14.7. The average Bonchev–Trinajstić information content (AvgIpc) is 3.23. The van der Waals surface area contributed by atoms with Crippen LogP contribution in [0.4, 0.5) is 0 Å². The molecular weight excluding hydrogens is 354 g/mol. The second-order valence-corrected chi connectivity index (χ2v) is 8.57. The van der Waals surface area contributed by atoms with Gasteiger partial charge in [0.05, 0.1) is 11.5 Å². The Bertz CT molecular complexity index is 570. The SMILES string of the molecule is CCCS(=O)(=O)CCOc1ccc(Br)c(CNC2CC2)c1. The Morgan fingerprint density at radius 3 is 2.76 bits per heavy atom. The molecule has 0 saturated heterocycles. The van der Waals surface area contributed by atoms with Crippen molar-refractivity contribution < 1.29 is 13.2 Å². The van der Waals surface area contributed by atoms with Crippen LogP contribution in [0, 0.1) is 0 Å². The third-order valence-corrected chi connectivity index (χ3v) is 5.95. The minimum atomic E-state index is -2.98. The minimum Gasteiger partial charge on any atom is -0.493 e. The summed E-state index contributed by atoms with van der Waals surface area (Å²) in [7, 11) is -2.98. The van der Waals surface area contributed by atoms with Gasteiger partial charge in [0.25, 0.3) is 0 Å². The lowest BCUT2D eigenvalue weighted by atomic mass is 10.2. The Balaban J connectivity index is 1.86. The van der Waals surface area contributed by atoms with Gasteiger partial charge in [0.2, 0.25) is 0 Å². The van der Waals surface area contributed by atoms with Crippen molar-refractivity contribution in [2.24, 2.45) is 0 Å². The summed E-state index contributed by atoms with van der Waals surface area (Å²) in [5, 5.41) is 3.46. The van der Waals surface area contributed by atoms with Crippen LogP contribution in [-0.4, -0.2) is 32.6 Å². The second-order valence-electron chi connectivity index (χ2n) is 5.41. The lowest BCUT2D eigenvalue weighted by Gasteiger charge is -2.10. The fraction of sp³-hybridized carbons (Fsp3) is 0.600. The van der Waals surface area contributed by atoms with E-state index in [-0.39, 0.29) is 18.1 Å². The molecule has 1 aliphatic rings. The van der Waals surface area contributed by atoms with E-state index in [0.29, 0.717) is 12.5 Å². The number of rotatable bonds is 9. The Labute approximate surface area is 135 Å². The molecule has 0 amide bonds. The molecule has 0 aromatic heterocycles. The Hall–Kier alpha value is -0.590. The van der Waals surface area contributed by atoms with Crippen LogP contribution in [-0.2, 0) is 16.4 Å². The number of hydrogen-bond acceptors (Lipinski definition) is 4. The van der Waals surface area contributed by atoms with Gasteiger partial charge in [-0.25, -0.2) is 8.42 Å². The highest BCUT2D eigenvalue weighted by molar-refractivity contribution is 9.10. The number of halogens is 1. The molecule has 0 spiro atoms. The zero-order chi connectivity index (χ0) is 15.3. The van der Waals surface area contributed by atoms with Crippen molar-refractivity contribution in [3.8, 4) is 5.75 Å². The first-order valence-corrected chi connectivity index (χ1v) is 9.96. The largest absolute Gasteiger partial charge is 0.493 e. The summed E-state index contributed by atoms with van der Waals surface area (Å²) in [6.07, 6.45) is 3.16. The summed E-state index contributed by atoms with van der Waals surface area (Å²) in [5.41, 5.74) is 1.14. The molecule has 118 valence electrons. The van der Waals surface area contributed by atoms with E-state index in [1.807, 2.05) is 25.1 Å². The van der Waals surface area contributed by atoms with Crippen molar-refractivity contribution in [1.82, 2.24) is 5.32 Å². The first-order valence-electron chi connectivity index (χ1n) is 7.35. The van der Waals surface area contributed by atoms with Crippen molar-refractivity contribution in [3.63, 3.8) is 0 Å². The van der Waals surface area contributed by atoms with Gasteiger partial charge in [-0.15, -0.1) is 0 Å². The molecule has 0 bridgehead atoms. The van der Waals surface area contributed by atoms with Crippen molar-refractivity contribution in [2.45, 2.75) is 38.8 Å². The van der Waals surface area contributed by atoms with E-state index in [9.17, 15) is 8.42 Å². The Morgan fingerprint density at radius 1 is 1.33 bits per heavy atom. The van der Waals surface area contributed by atoms with Crippen LogP contribution in [0.2, 0.25) is 0 Å². The predicted octanol–water partition coefficient (Wildman–Crippen LogP) is 2.90. The predicted molar refractivity (Wildman–Crippen MR) is 88.4 cm³/mol. The molecule has 6 heteroatoms. The number of sulfone groups is 1. The first-order chi connectivity index (χ1) is 10.00. The molecular formula is C15H22BrNO3S. The van der Waals surface area contributed by atoms with E-state index < -0.39 is 9.84 Å². The molecule has 0 heterocycles. The van der Waals surface area contributed by atoms with Crippen LogP contribution in [0.1, 0.15) is 31.7 Å². The van der Waals surface area contributed by atoms with Crippen molar-refractivity contribution in [2.75, 3.05) is 18.1 Å². The summed E-state index contributed by atoms with van der Waals surface area (Å²) >= 11 is 3.53. The lowest BCUT2D eigenvalue weighted by molar-refractivity contribution is 0.340. The molecule has 0 unspecified atom stereocenters. The molecule has 0 atom stereocenters. The summed E-state index contributed by atoms with van der Waals surface area (Å²) < 4.78 is 29.9. The van der Waals surface area contributed by atoms with Crippen molar-refractivity contribution >= 4 is 25.8 Å². The summed E-state index contributed by atoms with van der Waals surface area (Å²) in [5.74, 6) is 1.03. The molecule has 4 nitrogen and oxygen atoms in total. The van der Waals surface area contributed by atoms with Crippen LogP contribution in [0.25, 0.3) is 0 Å². The van der Waals surface area contributed by atoms with Gasteiger partial charge in [-0.1, -0.05) is 22.9 Å². The molecule has 1 N–H and O–H groups in total. The van der Waals surface area contributed by atoms with E-state index in [4.69, 9.17) is 4.74 Å². The summed E-state index contributed by atoms with van der Waals surface area (Å²) in [6, 6.07) is 6.42. The number of hydrogen-bond donors (Lipinski definition) is 1. The standard InChI is InChI=1S/C15H22BrNO3S/c1-2-8-21(18,19)9-7-20-14-5-6-15(16)12(10-14)11-17-13-3-4-13/h5-6,10,13,17H,2-4,7-9,11H2,1H3. The molecule has 1 saturated carbocycles. The van der Waals surface area contributed by atoms with Gasteiger partial charge in [0.1, 0.15) is 12.4 Å². The first kappa shape index (κ1) is 16.8. The van der Waals surface area contributed by atoms with E-state index in [1.54, 1.807) is 0 Å². The highest BCUT2D eigenvalue weighted by atomic mass is 79.9. The van der Waals surface area contributed by atoms with Crippen LogP contribution >= 0.6 is 15.9 Å². The topological polar surface area (TPSA) is 55.4 Å². The minimum absolute atomic E-state index is 0.0760. The molecule has 1 aromatic rings. The van der Waals surface area contributed by atoms with Gasteiger partial charge in [-0.3, -0.25) is 0 Å². The van der Waals surface area contributed by atoms with Gasteiger partial charge in [0, 0.05) is 17.1 Å². The Morgan fingerprint density at radius 2 is 2.10 bits per heavy atom. The van der Waals surface area contributed by atoms with Crippen LogP contribution in [0.3, 0.4) is 0 Å². The highest BCUT2D eigenvalue weighted by Gasteiger charge is 2.20. The maximum Gasteiger partial charge on any atom is 0.153 e. The van der Waals surface area contributed by atoms with E-state index in [1.165, 1.54) is 12.8 Å². The van der Waals surface area contributed by atoms with Crippen molar-refractivity contribution in [1.29, 1.82) is 0 Å². The molecule has 21 heavy (non-hydrogen) atoms. The second kappa shape index (κ2) is 7.61. The lowest BCUT2D eigenvalue weighted by Crippen LogP contribution is -2.17. The monoisotopic (exact) mass is 375 g/mol. The average molecular weight is 376 g/mol. The van der Waals surface area contributed by atoms with Crippen LogP contribution in [0.5, 0.6) is 5.75 Å². The summed E-state index contributed by atoms with van der Waals surface area (Å²) in [6.45, 7) is 2.88. The quantitative estimate of drug-likeness (QED) is 0.720. The molecule has 1 aliphatic carbocycles. The van der Waals surface area contributed by atoms with E-state index in [0.717, 1.165) is 22.3 Å². The van der Waals surface area contributed by atoms with Crippen LogP contribution in [0.15, 0.2) is 22.7 Å². The number of benzene rings is 1. The molecule has 0 aliphatic heterocycles.